The molecule has 1 aromatic carbocycles. The lowest BCUT2D eigenvalue weighted by atomic mass is 9.97. The molecule has 36 heavy (non-hydrogen) atoms. The van der Waals surface area contributed by atoms with E-state index in [-0.39, 0.29) is 18.9 Å². The molecule has 0 saturated carbocycles. The van der Waals surface area contributed by atoms with E-state index >= 15 is 0 Å². The summed E-state index contributed by atoms with van der Waals surface area (Å²) in [7, 11) is -2.32. The number of imidazole rings is 1. The van der Waals surface area contributed by atoms with Gasteiger partial charge in [-0.1, -0.05) is 30.9 Å². The number of rotatable bonds is 10. The van der Waals surface area contributed by atoms with Gasteiger partial charge in [0, 0.05) is 12.0 Å². The second kappa shape index (κ2) is 11.0. The second-order valence-corrected chi connectivity index (χ2v) is 9.97. The zero-order valence-electron chi connectivity index (χ0n) is 19.8. The summed E-state index contributed by atoms with van der Waals surface area (Å²) >= 11 is 0. The van der Waals surface area contributed by atoms with Crippen LogP contribution < -0.4 is 10.5 Å². The fourth-order valence-electron chi connectivity index (χ4n) is 4.05. The number of nitrogens with zero attached hydrogens (tertiary/aromatic N) is 4. The number of allylic oxidation sites excluding steroid dienone is 2. The summed E-state index contributed by atoms with van der Waals surface area (Å²) in [6.45, 7) is 4.18. The first-order valence-corrected chi connectivity index (χ1v) is 12.9. The Balaban J connectivity index is 1.26. The van der Waals surface area contributed by atoms with E-state index in [1.165, 1.54) is 13.4 Å². The Morgan fingerprint density at radius 1 is 1.28 bits per heavy atom. The van der Waals surface area contributed by atoms with Gasteiger partial charge >= 0.3 is 5.97 Å². The van der Waals surface area contributed by atoms with Gasteiger partial charge in [-0.25, -0.2) is 32.9 Å². The third-order valence-electron chi connectivity index (χ3n) is 5.90. The van der Waals surface area contributed by atoms with Gasteiger partial charge in [0.15, 0.2) is 11.5 Å². The van der Waals surface area contributed by atoms with Gasteiger partial charge in [0.1, 0.15) is 18.1 Å². The molecule has 0 aliphatic carbocycles. The maximum Gasteiger partial charge on any atom is 0.338 e. The monoisotopic (exact) mass is 512 g/mol. The van der Waals surface area contributed by atoms with Crippen molar-refractivity contribution in [3.63, 3.8) is 0 Å². The summed E-state index contributed by atoms with van der Waals surface area (Å²) in [6, 6.07) is 7.02. The quantitative estimate of drug-likeness (QED) is 0.391. The lowest BCUT2D eigenvalue weighted by Gasteiger charge is -2.15. The number of aromatic nitrogens is 4. The smallest absolute Gasteiger partial charge is 0.338 e. The van der Waals surface area contributed by atoms with Gasteiger partial charge in [-0.15, -0.1) is 0 Å². The molecule has 2 aromatic heterocycles. The van der Waals surface area contributed by atoms with Crippen LogP contribution in [0.25, 0.3) is 16.7 Å². The van der Waals surface area contributed by atoms with Crippen LogP contribution in [0.15, 0.2) is 55.0 Å². The number of anilines is 1. The zero-order valence-corrected chi connectivity index (χ0v) is 20.6. The molecule has 12 heteroatoms. The average molecular weight is 513 g/mol. The largest absolute Gasteiger partial charge is 0.465 e. The molecule has 3 heterocycles. The van der Waals surface area contributed by atoms with Gasteiger partial charge in [-0.3, -0.25) is 4.57 Å². The molecular weight excluding hydrogens is 484 g/mol. The average Bonchev–Trinajstić information content (AvgIpc) is 3.52. The molecule has 1 aliphatic heterocycles. The number of hydrogen-bond acceptors (Lipinski definition) is 9. The van der Waals surface area contributed by atoms with Crippen molar-refractivity contribution < 1.29 is 22.7 Å². The van der Waals surface area contributed by atoms with Crippen molar-refractivity contribution in [3.8, 4) is 0 Å². The Morgan fingerprint density at radius 2 is 2.06 bits per heavy atom. The van der Waals surface area contributed by atoms with Crippen molar-refractivity contribution in [2.75, 3.05) is 19.4 Å². The molecule has 2 unspecified atom stereocenters. The number of sulfonamides is 1. The fraction of sp³-hybridized carbons (Fsp3) is 0.333. The Bertz CT molecular complexity index is 1400. The second-order valence-electron chi connectivity index (χ2n) is 8.32. The first-order valence-electron chi connectivity index (χ1n) is 11.4. The minimum atomic E-state index is -3.64. The van der Waals surface area contributed by atoms with Crippen LogP contribution in [0.2, 0.25) is 0 Å². The van der Waals surface area contributed by atoms with E-state index < -0.39 is 16.0 Å². The number of fused-ring (bicyclic) bond motifs is 1. The summed E-state index contributed by atoms with van der Waals surface area (Å²) in [5, 5.41) is 1.14. The molecular formula is C24H28N6O5S. The highest BCUT2D eigenvalue weighted by molar-refractivity contribution is 7.92. The summed E-state index contributed by atoms with van der Waals surface area (Å²) in [5.74, 6) is -0.145. The first-order chi connectivity index (χ1) is 17.3. The zero-order chi connectivity index (χ0) is 25.7. The number of nitrogens with one attached hydrogen (secondary N) is 1. The van der Waals surface area contributed by atoms with Crippen LogP contribution in [0.3, 0.4) is 0 Å². The lowest BCUT2D eigenvalue weighted by molar-refractivity contribution is 0.00714. The molecule has 1 aliphatic rings. The van der Waals surface area contributed by atoms with Gasteiger partial charge in [0.05, 0.1) is 25.1 Å². The van der Waals surface area contributed by atoms with E-state index in [0.717, 1.165) is 11.0 Å². The van der Waals surface area contributed by atoms with Crippen LogP contribution in [-0.4, -0.2) is 53.7 Å². The first kappa shape index (κ1) is 25.5. The molecule has 0 amide bonds. The van der Waals surface area contributed by atoms with Gasteiger partial charge in [0.25, 0.3) is 0 Å². The van der Waals surface area contributed by atoms with Crippen molar-refractivity contribution in [2.24, 2.45) is 0 Å². The van der Waals surface area contributed by atoms with Crippen LogP contribution in [0.1, 0.15) is 47.8 Å². The van der Waals surface area contributed by atoms with Crippen molar-refractivity contribution in [1.29, 1.82) is 0 Å². The number of methoxy groups -OCH3 is 1. The standard InChI is InChI=1S/C24H28N6O5S/c1-16(18-8-3-4-9-19(18)24(31)34-2)7-5-6-12-36(32,33)29-13-17-10-11-20(35-17)30-15-28-21-22(25)26-14-27-23(21)30/h3-4,6,8-9,12,14-15,17,20,29H,1,5,7,10-11,13H2,2H3,(H2,25,26,27)/b12-6+. The maximum absolute atomic E-state index is 12.4. The SMILES string of the molecule is C=C(CC/C=C/S(=O)(=O)NCC1CCC(n2cnc3c(N)ncnc32)O1)c1ccccc1C(=O)OC. The number of benzene rings is 1. The Morgan fingerprint density at radius 3 is 2.83 bits per heavy atom. The highest BCUT2D eigenvalue weighted by Crippen LogP contribution is 2.30. The molecule has 3 aromatic rings. The number of carbonyl (C=O) groups excluding carboxylic acids is 1. The third-order valence-corrected chi connectivity index (χ3v) is 7.02. The van der Waals surface area contributed by atoms with Crippen LogP contribution in [0.5, 0.6) is 0 Å². The molecule has 0 spiro atoms. The summed E-state index contributed by atoms with van der Waals surface area (Å²) < 4.78 is 40.0. The predicted molar refractivity (Wildman–Crippen MR) is 135 cm³/mol. The fourth-order valence-corrected chi connectivity index (χ4v) is 4.95. The number of esters is 1. The highest BCUT2D eigenvalue weighted by Gasteiger charge is 2.29. The van der Waals surface area contributed by atoms with E-state index in [0.29, 0.717) is 53.8 Å². The number of carbonyl (C=O) groups is 1. The molecule has 2 atom stereocenters. The van der Waals surface area contributed by atoms with Crippen LogP contribution in [0, 0.1) is 0 Å². The maximum atomic E-state index is 12.4. The molecule has 1 fully saturated rings. The minimum Gasteiger partial charge on any atom is -0.465 e. The van der Waals surface area contributed by atoms with E-state index in [2.05, 4.69) is 26.3 Å². The normalized spacial score (nSPS) is 18.1. The lowest BCUT2D eigenvalue weighted by Crippen LogP contribution is -2.30. The van der Waals surface area contributed by atoms with Crippen molar-refractivity contribution in [2.45, 2.75) is 38.0 Å². The number of hydrogen-bond donors (Lipinski definition) is 2. The third kappa shape index (κ3) is 5.78. The minimum absolute atomic E-state index is 0.145. The topological polar surface area (TPSA) is 151 Å². The predicted octanol–water partition coefficient (Wildman–Crippen LogP) is 2.80. The Kier molecular flexibility index (Phi) is 7.77. The number of nitrogens with two attached hydrogens (primary N) is 1. The number of nitrogen functional groups attached to an aromatic ring is 1. The van der Waals surface area contributed by atoms with E-state index in [9.17, 15) is 13.2 Å². The van der Waals surface area contributed by atoms with Crippen LogP contribution >= 0.6 is 0 Å². The molecule has 11 nitrogen and oxygen atoms in total. The molecule has 4 rings (SSSR count). The van der Waals surface area contributed by atoms with Crippen molar-refractivity contribution >= 4 is 38.5 Å². The van der Waals surface area contributed by atoms with Crippen molar-refractivity contribution in [1.82, 2.24) is 24.2 Å². The summed E-state index contributed by atoms with van der Waals surface area (Å²) in [5.41, 5.74) is 8.75. The molecule has 0 radical (unpaired) electrons. The molecule has 0 bridgehead atoms. The van der Waals surface area contributed by atoms with Crippen molar-refractivity contribution in [3.05, 3.63) is 66.1 Å². The van der Waals surface area contributed by atoms with E-state index in [1.807, 2.05) is 6.07 Å². The number of ether oxygens (including phenoxy) is 2. The van der Waals surface area contributed by atoms with Gasteiger partial charge in [-0.05, 0) is 42.9 Å². The molecule has 3 N–H and O–H groups in total. The van der Waals surface area contributed by atoms with E-state index in [4.69, 9.17) is 15.2 Å². The van der Waals surface area contributed by atoms with E-state index in [1.54, 1.807) is 35.2 Å². The Hall–Kier alpha value is -3.61. The summed E-state index contributed by atoms with van der Waals surface area (Å²) in [4.78, 5) is 24.4. The van der Waals surface area contributed by atoms with Crippen LogP contribution in [0.4, 0.5) is 5.82 Å². The van der Waals surface area contributed by atoms with Gasteiger partial charge < -0.3 is 15.2 Å². The molecule has 190 valence electrons. The Labute approximate surface area is 209 Å². The van der Waals surface area contributed by atoms with Crippen LogP contribution in [-0.2, 0) is 19.5 Å². The van der Waals surface area contributed by atoms with Gasteiger partial charge in [-0.2, -0.15) is 0 Å². The highest BCUT2D eigenvalue weighted by atomic mass is 32.2. The molecule has 1 saturated heterocycles. The van der Waals surface area contributed by atoms with Gasteiger partial charge in [0.2, 0.25) is 10.0 Å². The summed E-state index contributed by atoms with van der Waals surface area (Å²) in [6.07, 6.45) is 6.23.